The number of nitrogens with one attached hydrogen (secondary N) is 1. The fourth-order valence-corrected chi connectivity index (χ4v) is 1.43. The summed E-state index contributed by atoms with van der Waals surface area (Å²) in [5, 5.41) is 2.71. The fourth-order valence-electron chi connectivity index (χ4n) is 1.43. The third-order valence-electron chi connectivity index (χ3n) is 2.08. The Morgan fingerprint density at radius 3 is 1.79 bits per heavy atom. The van der Waals surface area contributed by atoms with Gasteiger partial charge in [0.1, 0.15) is 11.6 Å². The number of anilines is 1. The largest absolute Gasteiger partial charge is 0.388 e. The van der Waals surface area contributed by atoms with Gasteiger partial charge in [0.25, 0.3) is 0 Å². The van der Waals surface area contributed by atoms with E-state index in [1.54, 1.807) is 27.8 Å². The van der Waals surface area contributed by atoms with Crippen LogP contribution in [0.5, 0.6) is 0 Å². The zero-order valence-electron chi connectivity index (χ0n) is 8.91. The van der Waals surface area contributed by atoms with Crippen LogP contribution in [0.2, 0.25) is 0 Å². The molecule has 0 unspecified atom stereocenters. The van der Waals surface area contributed by atoms with Gasteiger partial charge in [-0.3, -0.25) is 0 Å². The molecular weight excluding hydrogens is 184 g/mol. The van der Waals surface area contributed by atoms with Gasteiger partial charge in [0, 0.05) is 18.3 Å². The van der Waals surface area contributed by atoms with Gasteiger partial charge in [0.05, 0.1) is 0 Å². The second kappa shape index (κ2) is 3.56. The highest BCUT2D eigenvalue weighted by Crippen LogP contribution is 2.29. The molecule has 0 aromatic heterocycles. The summed E-state index contributed by atoms with van der Waals surface area (Å²) in [6.07, 6.45) is 0. The molecule has 1 nitrogen and oxygen atoms in total. The van der Waals surface area contributed by atoms with Gasteiger partial charge >= 0.3 is 0 Å². The molecule has 0 radical (unpaired) electrons. The standard InChI is InChI=1S/C11H15F2N/c1-11(2,3)10-8(12)5-7(14-4)6-9(10)13/h5-6,14H,1-4H3. The summed E-state index contributed by atoms with van der Waals surface area (Å²) in [4.78, 5) is 0. The molecule has 0 heterocycles. The average molecular weight is 199 g/mol. The van der Waals surface area contributed by atoms with Crippen LogP contribution in [0.3, 0.4) is 0 Å². The Hall–Kier alpha value is -1.12. The van der Waals surface area contributed by atoms with Crippen LogP contribution in [-0.4, -0.2) is 7.05 Å². The summed E-state index contributed by atoms with van der Waals surface area (Å²) in [6.45, 7) is 5.36. The molecule has 1 N–H and O–H groups in total. The number of halogens is 2. The Bertz CT molecular complexity index is 317. The zero-order chi connectivity index (χ0) is 10.9. The first-order valence-electron chi connectivity index (χ1n) is 4.53. The zero-order valence-corrected chi connectivity index (χ0v) is 8.91. The first-order valence-corrected chi connectivity index (χ1v) is 4.53. The van der Waals surface area contributed by atoms with E-state index in [4.69, 9.17) is 0 Å². The van der Waals surface area contributed by atoms with E-state index in [1.807, 2.05) is 0 Å². The van der Waals surface area contributed by atoms with Gasteiger partial charge in [-0.2, -0.15) is 0 Å². The van der Waals surface area contributed by atoms with Gasteiger partial charge in [-0.05, 0) is 17.5 Å². The normalized spacial score (nSPS) is 11.6. The number of benzene rings is 1. The molecule has 3 heteroatoms. The second-order valence-electron chi connectivity index (χ2n) is 4.31. The number of hydrogen-bond donors (Lipinski definition) is 1. The van der Waals surface area contributed by atoms with Crippen LogP contribution in [0.15, 0.2) is 12.1 Å². The van der Waals surface area contributed by atoms with E-state index in [2.05, 4.69) is 5.32 Å². The van der Waals surface area contributed by atoms with Crippen LogP contribution in [0.1, 0.15) is 26.3 Å². The molecule has 0 aliphatic carbocycles. The molecular formula is C11H15F2N. The van der Waals surface area contributed by atoms with E-state index in [1.165, 1.54) is 12.1 Å². The third-order valence-corrected chi connectivity index (χ3v) is 2.08. The molecule has 0 aliphatic heterocycles. The predicted octanol–water partition coefficient (Wildman–Crippen LogP) is 3.30. The van der Waals surface area contributed by atoms with E-state index in [9.17, 15) is 8.78 Å². The Kier molecular flexibility index (Phi) is 2.79. The van der Waals surface area contributed by atoms with Gasteiger partial charge in [-0.25, -0.2) is 8.78 Å². The lowest BCUT2D eigenvalue weighted by Crippen LogP contribution is -2.16. The van der Waals surface area contributed by atoms with Crippen molar-refractivity contribution in [3.05, 3.63) is 29.3 Å². The molecule has 0 saturated carbocycles. The summed E-state index contributed by atoms with van der Waals surface area (Å²) in [7, 11) is 1.63. The molecule has 1 aromatic carbocycles. The van der Waals surface area contributed by atoms with Gasteiger partial charge in [-0.15, -0.1) is 0 Å². The maximum Gasteiger partial charge on any atom is 0.131 e. The van der Waals surface area contributed by atoms with Crippen LogP contribution >= 0.6 is 0 Å². The maximum absolute atomic E-state index is 13.5. The molecule has 0 atom stereocenters. The lowest BCUT2D eigenvalue weighted by molar-refractivity contribution is 0.476. The van der Waals surface area contributed by atoms with Crippen molar-refractivity contribution in [3.63, 3.8) is 0 Å². The minimum absolute atomic E-state index is 0.136. The van der Waals surface area contributed by atoms with Crippen LogP contribution in [0, 0.1) is 11.6 Å². The van der Waals surface area contributed by atoms with E-state index in [0.717, 1.165) is 0 Å². The summed E-state index contributed by atoms with van der Waals surface area (Å²) in [5.74, 6) is -0.997. The van der Waals surface area contributed by atoms with E-state index >= 15 is 0 Å². The van der Waals surface area contributed by atoms with Gasteiger partial charge in [-0.1, -0.05) is 20.8 Å². The highest BCUT2D eigenvalue weighted by Gasteiger charge is 2.23. The van der Waals surface area contributed by atoms with E-state index < -0.39 is 17.0 Å². The SMILES string of the molecule is CNc1cc(F)c(C(C)(C)C)c(F)c1. The highest BCUT2D eigenvalue weighted by molar-refractivity contribution is 5.46. The molecule has 14 heavy (non-hydrogen) atoms. The smallest absolute Gasteiger partial charge is 0.131 e. The maximum atomic E-state index is 13.5. The van der Waals surface area contributed by atoms with E-state index in [-0.39, 0.29) is 5.56 Å². The molecule has 78 valence electrons. The average Bonchev–Trinajstić information content (AvgIpc) is 1.99. The minimum Gasteiger partial charge on any atom is -0.388 e. The van der Waals surface area contributed by atoms with Gasteiger partial charge in [0.15, 0.2) is 0 Å². The Labute approximate surface area is 83.1 Å². The Balaban J connectivity index is 3.33. The third kappa shape index (κ3) is 2.03. The van der Waals surface area contributed by atoms with Crippen LogP contribution in [0.4, 0.5) is 14.5 Å². The van der Waals surface area contributed by atoms with Crippen LogP contribution in [-0.2, 0) is 5.41 Å². The van der Waals surface area contributed by atoms with Crippen molar-refractivity contribution in [3.8, 4) is 0 Å². The van der Waals surface area contributed by atoms with Crippen molar-refractivity contribution in [2.75, 3.05) is 12.4 Å². The molecule has 0 bridgehead atoms. The Morgan fingerprint density at radius 1 is 1.07 bits per heavy atom. The van der Waals surface area contributed by atoms with Gasteiger partial charge < -0.3 is 5.32 Å². The summed E-state index contributed by atoms with van der Waals surface area (Å²) < 4.78 is 27.0. The first kappa shape index (κ1) is 11.0. The summed E-state index contributed by atoms with van der Waals surface area (Å²) in [5.41, 5.74) is 0.0740. The van der Waals surface area contributed by atoms with Crippen molar-refractivity contribution in [2.24, 2.45) is 0 Å². The van der Waals surface area contributed by atoms with Crippen LogP contribution < -0.4 is 5.32 Å². The van der Waals surface area contributed by atoms with Crippen molar-refractivity contribution in [2.45, 2.75) is 26.2 Å². The van der Waals surface area contributed by atoms with Crippen molar-refractivity contribution >= 4 is 5.69 Å². The van der Waals surface area contributed by atoms with Gasteiger partial charge in [0.2, 0.25) is 0 Å². The number of rotatable bonds is 1. The predicted molar refractivity (Wildman–Crippen MR) is 54.6 cm³/mol. The van der Waals surface area contributed by atoms with Crippen LogP contribution in [0.25, 0.3) is 0 Å². The molecule has 0 amide bonds. The minimum atomic E-state index is -0.513. The summed E-state index contributed by atoms with van der Waals surface area (Å²) in [6, 6.07) is 2.62. The lowest BCUT2D eigenvalue weighted by Gasteiger charge is -2.21. The molecule has 1 rings (SSSR count). The second-order valence-corrected chi connectivity index (χ2v) is 4.31. The van der Waals surface area contributed by atoms with Crippen molar-refractivity contribution in [1.29, 1.82) is 0 Å². The molecule has 0 aliphatic rings. The fraction of sp³-hybridized carbons (Fsp3) is 0.455. The highest BCUT2D eigenvalue weighted by atomic mass is 19.1. The molecule has 0 saturated heterocycles. The summed E-state index contributed by atoms with van der Waals surface area (Å²) >= 11 is 0. The quantitative estimate of drug-likeness (QED) is 0.731. The lowest BCUT2D eigenvalue weighted by atomic mass is 9.86. The molecule has 0 spiro atoms. The van der Waals surface area contributed by atoms with E-state index in [0.29, 0.717) is 5.69 Å². The molecule has 1 aromatic rings. The first-order chi connectivity index (χ1) is 6.36. The topological polar surface area (TPSA) is 12.0 Å². The number of hydrogen-bond acceptors (Lipinski definition) is 1. The molecule has 0 fully saturated rings. The van der Waals surface area contributed by atoms with Crippen molar-refractivity contribution in [1.82, 2.24) is 0 Å². The Morgan fingerprint density at radius 2 is 1.50 bits per heavy atom. The monoisotopic (exact) mass is 199 g/mol. The van der Waals surface area contributed by atoms with Crippen molar-refractivity contribution < 1.29 is 8.78 Å².